The topological polar surface area (TPSA) is 88.3 Å². The molecule has 0 bridgehead atoms. The van der Waals surface area contributed by atoms with E-state index in [9.17, 15) is 9.18 Å². The molecular formula is C30H32ClFN4O3. The lowest BCUT2D eigenvalue weighted by atomic mass is 10.0. The number of alkyl carbamates (subject to hydrolysis) is 1. The molecule has 2 aromatic heterocycles. The Morgan fingerprint density at radius 2 is 1.87 bits per heavy atom. The van der Waals surface area contributed by atoms with Crippen LogP contribution in [-0.2, 0) is 24.2 Å². The number of nitrogens with one attached hydrogen (secondary N) is 3. The average Bonchev–Trinajstić information content (AvgIpc) is 3.24. The van der Waals surface area contributed by atoms with Crippen LogP contribution in [0, 0.1) is 5.82 Å². The average molecular weight is 551 g/mol. The summed E-state index contributed by atoms with van der Waals surface area (Å²) < 4.78 is 25.4. The molecule has 2 heterocycles. The first-order valence-electron chi connectivity index (χ1n) is 12.5. The zero-order valence-electron chi connectivity index (χ0n) is 22.5. The van der Waals surface area contributed by atoms with Crippen molar-refractivity contribution in [1.82, 2.24) is 20.6 Å². The molecule has 2 aromatic carbocycles. The van der Waals surface area contributed by atoms with Crippen molar-refractivity contribution in [2.24, 2.45) is 0 Å². The summed E-state index contributed by atoms with van der Waals surface area (Å²) in [5, 5.41) is 7.28. The lowest BCUT2D eigenvalue weighted by Crippen LogP contribution is -2.32. The number of fused-ring (bicyclic) bond motifs is 1. The predicted molar refractivity (Wildman–Crippen MR) is 152 cm³/mol. The number of hydrogen-bond donors (Lipinski definition) is 3. The van der Waals surface area contributed by atoms with Gasteiger partial charge in [-0.25, -0.2) is 9.18 Å². The number of hydrogen-bond acceptors (Lipinski definition) is 5. The van der Waals surface area contributed by atoms with Crippen LogP contribution in [0.4, 0.5) is 9.18 Å². The number of rotatable bonds is 9. The molecule has 0 fully saturated rings. The number of halogens is 2. The van der Waals surface area contributed by atoms with E-state index in [2.05, 4.69) is 27.2 Å². The van der Waals surface area contributed by atoms with Crippen LogP contribution in [-0.4, -0.2) is 28.8 Å². The zero-order valence-corrected chi connectivity index (χ0v) is 23.2. The van der Waals surface area contributed by atoms with Crippen molar-refractivity contribution in [3.8, 4) is 5.75 Å². The Morgan fingerprint density at radius 1 is 1.10 bits per heavy atom. The quantitative estimate of drug-likeness (QED) is 0.215. The van der Waals surface area contributed by atoms with Crippen LogP contribution in [0.3, 0.4) is 0 Å². The van der Waals surface area contributed by atoms with Crippen molar-refractivity contribution < 1.29 is 18.7 Å². The number of aromatic amines is 1. The van der Waals surface area contributed by atoms with Crippen LogP contribution >= 0.6 is 11.6 Å². The summed E-state index contributed by atoms with van der Waals surface area (Å²) in [6.45, 7) is 10.1. The third-order valence-electron chi connectivity index (χ3n) is 6.01. The summed E-state index contributed by atoms with van der Waals surface area (Å²) in [5.41, 5.74) is 4.75. The number of aromatic nitrogens is 2. The van der Waals surface area contributed by atoms with Gasteiger partial charge in [-0.15, -0.1) is 0 Å². The lowest BCUT2D eigenvalue weighted by molar-refractivity contribution is 0.0523. The molecule has 39 heavy (non-hydrogen) atoms. The zero-order chi connectivity index (χ0) is 28.2. The molecule has 0 aliphatic rings. The number of carbonyl (C=O) groups excluding carboxylic acids is 1. The summed E-state index contributed by atoms with van der Waals surface area (Å²) in [6, 6.07) is 12.8. The fourth-order valence-electron chi connectivity index (χ4n) is 4.09. The number of nitrogens with zero attached hydrogens (tertiary/aromatic N) is 1. The van der Waals surface area contributed by atoms with Gasteiger partial charge in [0.15, 0.2) is 0 Å². The SMILES string of the molecule is C=C(NCc1cc2c(Cl)c[nH]c2cc1F)c1ccnc(Cc2ccc(CNC(=O)OC(C)(C)C)c(OC)c2)c1. The van der Waals surface area contributed by atoms with Gasteiger partial charge in [-0.05, 0) is 56.7 Å². The van der Waals surface area contributed by atoms with E-state index >= 15 is 0 Å². The van der Waals surface area contributed by atoms with Gasteiger partial charge in [0.05, 0.1) is 12.1 Å². The van der Waals surface area contributed by atoms with Gasteiger partial charge in [-0.2, -0.15) is 0 Å². The molecule has 0 unspecified atom stereocenters. The first kappa shape index (κ1) is 28.0. The van der Waals surface area contributed by atoms with Crippen molar-refractivity contribution in [1.29, 1.82) is 0 Å². The Morgan fingerprint density at radius 3 is 2.62 bits per heavy atom. The monoisotopic (exact) mass is 550 g/mol. The third-order valence-corrected chi connectivity index (χ3v) is 6.33. The lowest BCUT2D eigenvalue weighted by Gasteiger charge is -2.20. The number of ether oxygens (including phenoxy) is 2. The van der Waals surface area contributed by atoms with Gasteiger partial charge >= 0.3 is 6.09 Å². The largest absolute Gasteiger partial charge is 0.496 e. The van der Waals surface area contributed by atoms with Crippen LogP contribution in [0.15, 0.2) is 61.4 Å². The summed E-state index contributed by atoms with van der Waals surface area (Å²) in [4.78, 5) is 19.5. The van der Waals surface area contributed by atoms with Gasteiger partial charge in [0.25, 0.3) is 0 Å². The van der Waals surface area contributed by atoms with Gasteiger partial charge in [-0.1, -0.05) is 30.3 Å². The number of carbonyl (C=O) groups is 1. The van der Waals surface area contributed by atoms with Crippen molar-refractivity contribution in [3.05, 3.63) is 100 Å². The second kappa shape index (κ2) is 11.8. The highest BCUT2D eigenvalue weighted by Gasteiger charge is 2.16. The number of amides is 1. The molecule has 3 N–H and O–H groups in total. The summed E-state index contributed by atoms with van der Waals surface area (Å²) in [5.74, 6) is 0.336. The summed E-state index contributed by atoms with van der Waals surface area (Å²) in [6.07, 6.45) is 3.44. The fourth-order valence-corrected chi connectivity index (χ4v) is 4.30. The number of H-pyrrole nitrogens is 1. The number of pyridine rings is 1. The minimum atomic E-state index is -0.568. The normalized spacial score (nSPS) is 11.3. The molecule has 0 radical (unpaired) electrons. The highest BCUT2D eigenvalue weighted by Crippen LogP contribution is 2.26. The van der Waals surface area contributed by atoms with E-state index < -0.39 is 11.7 Å². The molecular weight excluding hydrogens is 519 g/mol. The molecule has 204 valence electrons. The van der Waals surface area contributed by atoms with Gasteiger partial charge in [0.2, 0.25) is 0 Å². The molecule has 4 rings (SSSR count). The van der Waals surface area contributed by atoms with Crippen LogP contribution in [0.1, 0.15) is 48.7 Å². The predicted octanol–water partition coefficient (Wildman–Crippen LogP) is 6.74. The van der Waals surface area contributed by atoms with Crippen molar-refractivity contribution in [2.75, 3.05) is 7.11 Å². The van der Waals surface area contributed by atoms with Crippen molar-refractivity contribution >= 4 is 34.3 Å². The number of benzene rings is 2. The third kappa shape index (κ3) is 7.29. The highest BCUT2D eigenvalue weighted by molar-refractivity contribution is 6.35. The Balaban J connectivity index is 1.40. The molecule has 7 nitrogen and oxygen atoms in total. The first-order chi connectivity index (χ1) is 18.5. The van der Waals surface area contributed by atoms with E-state index in [1.807, 2.05) is 51.1 Å². The van der Waals surface area contributed by atoms with Crippen molar-refractivity contribution in [3.63, 3.8) is 0 Å². The molecule has 0 saturated heterocycles. The minimum absolute atomic E-state index is 0.260. The second-order valence-corrected chi connectivity index (χ2v) is 10.6. The molecule has 1 amide bonds. The van der Waals surface area contributed by atoms with E-state index in [0.717, 1.165) is 27.8 Å². The van der Waals surface area contributed by atoms with Gasteiger partial charge in [0, 0.05) is 70.9 Å². The first-order valence-corrected chi connectivity index (χ1v) is 12.9. The van der Waals surface area contributed by atoms with E-state index in [1.54, 1.807) is 25.6 Å². The Bertz CT molecular complexity index is 1510. The molecule has 0 aliphatic carbocycles. The molecule has 9 heteroatoms. The van der Waals surface area contributed by atoms with Crippen molar-refractivity contribution in [2.45, 2.75) is 45.9 Å². The summed E-state index contributed by atoms with van der Waals surface area (Å²) in [7, 11) is 1.59. The fraction of sp³-hybridized carbons (Fsp3) is 0.267. The van der Waals surface area contributed by atoms with E-state index in [-0.39, 0.29) is 18.9 Å². The Kier molecular flexibility index (Phi) is 8.45. The molecule has 0 spiro atoms. The van der Waals surface area contributed by atoms with E-state index in [4.69, 9.17) is 21.1 Å². The Hall–Kier alpha value is -4.04. The minimum Gasteiger partial charge on any atom is -0.496 e. The maximum absolute atomic E-state index is 14.6. The molecule has 0 saturated carbocycles. The highest BCUT2D eigenvalue weighted by atomic mass is 35.5. The molecule has 4 aromatic rings. The van der Waals surface area contributed by atoms with Gasteiger partial charge in [0.1, 0.15) is 17.2 Å². The van der Waals surface area contributed by atoms with Crippen LogP contribution in [0.5, 0.6) is 5.75 Å². The second-order valence-electron chi connectivity index (χ2n) is 10.2. The number of methoxy groups -OCH3 is 1. The van der Waals surface area contributed by atoms with Crippen LogP contribution in [0.2, 0.25) is 5.02 Å². The molecule has 0 aliphatic heterocycles. The van der Waals surface area contributed by atoms with Gasteiger partial charge < -0.3 is 25.1 Å². The maximum atomic E-state index is 14.6. The van der Waals surface area contributed by atoms with Crippen LogP contribution < -0.4 is 15.4 Å². The Labute approximate surface area is 232 Å². The maximum Gasteiger partial charge on any atom is 0.407 e. The van der Waals surface area contributed by atoms with Gasteiger partial charge in [-0.3, -0.25) is 4.98 Å². The van der Waals surface area contributed by atoms with E-state index in [1.165, 1.54) is 6.07 Å². The van der Waals surface area contributed by atoms with Crippen LogP contribution in [0.25, 0.3) is 16.6 Å². The smallest absolute Gasteiger partial charge is 0.407 e. The standard InChI is InChI=1S/C30H32ClFN4O3/c1-18(34-16-22-13-24-25(31)17-35-27(24)14-26(22)32)20-8-9-33-23(12-20)10-19-6-7-21(28(11-19)38-5)15-36-29(37)39-30(2,3)4/h6-9,11-14,17,34-35H,1,10,15-16H2,2-5H3,(H,36,37). The van der Waals surface area contributed by atoms with E-state index in [0.29, 0.717) is 34.0 Å². The molecule has 0 atom stereocenters. The summed E-state index contributed by atoms with van der Waals surface area (Å²) >= 11 is 6.19.